The van der Waals surface area contributed by atoms with E-state index in [-0.39, 0.29) is 24.1 Å². The first-order valence-corrected chi connectivity index (χ1v) is 8.37. The van der Waals surface area contributed by atoms with E-state index in [0.717, 1.165) is 0 Å². The topological polar surface area (TPSA) is 115 Å². The van der Waals surface area contributed by atoms with Crippen LogP contribution in [-0.4, -0.2) is 58.0 Å². The normalized spacial score (nSPS) is 10.4. The Kier molecular flexibility index (Phi) is 6.23. The summed E-state index contributed by atoms with van der Waals surface area (Å²) in [6.45, 7) is 1.65. The quantitative estimate of drug-likeness (QED) is 0.543. The molecule has 0 atom stereocenters. The number of nitrogens with one attached hydrogen (secondary N) is 1. The number of aromatic nitrogens is 3. The van der Waals surface area contributed by atoms with Gasteiger partial charge < -0.3 is 20.8 Å². The van der Waals surface area contributed by atoms with Crippen LogP contribution in [0.1, 0.15) is 5.82 Å². The number of likely N-dealkylation sites (N-methyl/N-ethyl adjacent to an activating group) is 1. The molecule has 0 unspecified atom stereocenters. The molecule has 0 saturated heterocycles. The minimum absolute atomic E-state index is 0.0645. The summed E-state index contributed by atoms with van der Waals surface area (Å²) in [4.78, 5) is 25.5. The largest absolute Gasteiger partial charge is 0.497 e. The van der Waals surface area contributed by atoms with E-state index in [1.807, 2.05) is 0 Å². The Hall–Kier alpha value is -2.75. The van der Waals surface area contributed by atoms with E-state index in [1.165, 1.54) is 21.3 Å². The molecule has 3 N–H and O–H groups in total. The highest BCUT2D eigenvalue weighted by molar-refractivity contribution is 7.99. The minimum atomic E-state index is -0.299. The van der Waals surface area contributed by atoms with Crippen molar-refractivity contribution in [1.82, 2.24) is 19.8 Å². The van der Waals surface area contributed by atoms with Crippen molar-refractivity contribution in [2.45, 2.75) is 12.1 Å². The van der Waals surface area contributed by atoms with Crippen molar-refractivity contribution in [2.75, 3.05) is 37.6 Å². The number of benzene rings is 1. The van der Waals surface area contributed by atoms with Gasteiger partial charge in [0.25, 0.3) is 0 Å². The molecule has 1 heterocycles. The van der Waals surface area contributed by atoms with Gasteiger partial charge in [-0.1, -0.05) is 17.8 Å². The number of aryl methyl sites for hydroxylation is 1. The van der Waals surface area contributed by atoms with Crippen LogP contribution in [0.4, 0.5) is 5.69 Å². The molecule has 9 nitrogen and oxygen atoms in total. The van der Waals surface area contributed by atoms with Crippen molar-refractivity contribution >= 4 is 29.3 Å². The number of nitrogen functional groups attached to an aromatic ring is 1. The van der Waals surface area contributed by atoms with Crippen LogP contribution in [0, 0.1) is 6.92 Å². The number of methoxy groups -OCH3 is 1. The summed E-state index contributed by atoms with van der Waals surface area (Å²) in [7, 11) is 3.11. The summed E-state index contributed by atoms with van der Waals surface area (Å²) in [5.41, 5.74) is 0.603. The fraction of sp³-hybridized carbons (Fsp3) is 0.333. The first kappa shape index (κ1) is 18.6. The SMILES string of the molecule is COc1cccc(NC(=O)CN(C)C(=O)CSc2nnc(C)n2N)c1. The third-order valence-electron chi connectivity index (χ3n) is 3.32. The zero-order chi connectivity index (χ0) is 18.4. The predicted octanol–water partition coefficient (Wildman–Crippen LogP) is 0.498. The molecule has 2 amide bonds. The summed E-state index contributed by atoms with van der Waals surface area (Å²) < 4.78 is 6.41. The summed E-state index contributed by atoms with van der Waals surface area (Å²) in [6.07, 6.45) is 0. The van der Waals surface area contributed by atoms with Crippen LogP contribution in [0.3, 0.4) is 0 Å². The van der Waals surface area contributed by atoms with E-state index in [4.69, 9.17) is 10.6 Å². The molecule has 25 heavy (non-hydrogen) atoms. The fourth-order valence-corrected chi connectivity index (χ4v) is 2.73. The molecule has 2 aromatic rings. The smallest absolute Gasteiger partial charge is 0.243 e. The van der Waals surface area contributed by atoms with Gasteiger partial charge in [0.1, 0.15) is 11.6 Å². The summed E-state index contributed by atoms with van der Waals surface area (Å²) >= 11 is 1.17. The lowest BCUT2D eigenvalue weighted by Gasteiger charge is -2.16. The highest BCUT2D eigenvalue weighted by atomic mass is 32.2. The number of hydrogen-bond acceptors (Lipinski definition) is 7. The van der Waals surface area contributed by atoms with Crippen LogP contribution in [0.15, 0.2) is 29.4 Å². The lowest BCUT2D eigenvalue weighted by Crippen LogP contribution is -2.36. The molecular weight excluding hydrogens is 344 g/mol. The van der Waals surface area contributed by atoms with E-state index in [1.54, 1.807) is 45.3 Å². The van der Waals surface area contributed by atoms with Gasteiger partial charge in [0.05, 0.1) is 19.4 Å². The summed E-state index contributed by atoms with van der Waals surface area (Å²) in [5, 5.41) is 10.9. The third kappa shape index (κ3) is 5.11. The molecule has 0 aliphatic rings. The van der Waals surface area contributed by atoms with E-state index < -0.39 is 0 Å². The number of amides is 2. The number of thioether (sulfide) groups is 1. The number of hydrogen-bond donors (Lipinski definition) is 2. The number of carbonyl (C=O) groups excluding carboxylic acids is 2. The fourth-order valence-electron chi connectivity index (χ4n) is 1.89. The first-order valence-electron chi connectivity index (χ1n) is 7.38. The monoisotopic (exact) mass is 364 g/mol. The van der Waals surface area contributed by atoms with Gasteiger partial charge in [-0.2, -0.15) is 0 Å². The van der Waals surface area contributed by atoms with E-state index >= 15 is 0 Å². The van der Waals surface area contributed by atoms with Crippen molar-refractivity contribution < 1.29 is 14.3 Å². The molecule has 0 saturated carbocycles. The second-order valence-corrected chi connectivity index (χ2v) is 6.16. The minimum Gasteiger partial charge on any atom is -0.497 e. The van der Waals surface area contributed by atoms with Crippen LogP contribution in [-0.2, 0) is 9.59 Å². The molecule has 0 aliphatic heterocycles. The van der Waals surface area contributed by atoms with Crippen molar-refractivity contribution in [3.05, 3.63) is 30.1 Å². The number of nitrogens with zero attached hydrogens (tertiary/aromatic N) is 4. The highest BCUT2D eigenvalue weighted by Crippen LogP contribution is 2.17. The molecule has 0 spiro atoms. The van der Waals surface area contributed by atoms with Gasteiger partial charge >= 0.3 is 0 Å². The number of carbonyl (C=O) groups is 2. The maximum atomic E-state index is 12.1. The second kappa shape index (κ2) is 8.38. The number of nitrogens with two attached hydrogens (primary N) is 1. The molecule has 10 heteroatoms. The maximum absolute atomic E-state index is 12.1. The molecular formula is C15H20N6O3S. The Bertz CT molecular complexity index is 763. The Labute approximate surface area is 149 Å². The average Bonchev–Trinajstić information content (AvgIpc) is 2.91. The Balaban J connectivity index is 1.83. The van der Waals surface area contributed by atoms with Gasteiger partial charge in [-0.15, -0.1) is 10.2 Å². The Morgan fingerprint density at radius 3 is 2.80 bits per heavy atom. The predicted molar refractivity (Wildman–Crippen MR) is 94.9 cm³/mol. The van der Waals surface area contributed by atoms with Crippen LogP contribution >= 0.6 is 11.8 Å². The van der Waals surface area contributed by atoms with E-state index in [9.17, 15) is 9.59 Å². The zero-order valence-electron chi connectivity index (χ0n) is 14.2. The van der Waals surface area contributed by atoms with Crippen molar-refractivity contribution in [3.63, 3.8) is 0 Å². The van der Waals surface area contributed by atoms with Crippen molar-refractivity contribution in [2.24, 2.45) is 0 Å². The van der Waals surface area contributed by atoms with Crippen molar-refractivity contribution in [1.29, 1.82) is 0 Å². The van der Waals surface area contributed by atoms with Gasteiger partial charge in [0, 0.05) is 18.8 Å². The third-order valence-corrected chi connectivity index (χ3v) is 4.25. The molecule has 0 aliphatic carbocycles. The molecule has 0 fully saturated rings. The first-order chi connectivity index (χ1) is 11.9. The molecule has 134 valence electrons. The summed E-state index contributed by atoms with van der Waals surface area (Å²) in [6, 6.07) is 6.99. The van der Waals surface area contributed by atoms with Gasteiger partial charge in [-0.3, -0.25) is 9.59 Å². The van der Waals surface area contributed by atoms with Crippen LogP contribution in [0.25, 0.3) is 0 Å². The number of rotatable bonds is 7. The molecule has 2 rings (SSSR count). The van der Waals surface area contributed by atoms with Crippen LogP contribution in [0.2, 0.25) is 0 Å². The van der Waals surface area contributed by atoms with E-state index in [0.29, 0.717) is 22.4 Å². The van der Waals surface area contributed by atoms with Gasteiger partial charge in [-0.25, -0.2) is 4.68 Å². The second-order valence-electron chi connectivity index (χ2n) is 5.22. The van der Waals surface area contributed by atoms with Gasteiger partial charge in [0.15, 0.2) is 0 Å². The average molecular weight is 364 g/mol. The molecule has 0 bridgehead atoms. The summed E-state index contributed by atoms with van der Waals surface area (Å²) in [5.74, 6) is 6.52. The van der Waals surface area contributed by atoms with Gasteiger partial charge in [0.2, 0.25) is 17.0 Å². The number of anilines is 1. The van der Waals surface area contributed by atoms with Gasteiger partial charge in [-0.05, 0) is 19.1 Å². The van der Waals surface area contributed by atoms with E-state index in [2.05, 4.69) is 15.5 Å². The zero-order valence-corrected chi connectivity index (χ0v) is 15.0. The number of ether oxygens (including phenoxy) is 1. The molecule has 1 aromatic carbocycles. The Morgan fingerprint density at radius 1 is 1.40 bits per heavy atom. The lowest BCUT2D eigenvalue weighted by molar-refractivity contribution is -0.131. The Morgan fingerprint density at radius 2 is 2.16 bits per heavy atom. The lowest BCUT2D eigenvalue weighted by atomic mass is 10.3. The standard InChI is InChI=1S/C15H20N6O3S/c1-10-18-19-15(21(10)16)25-9-14(23)20(2)8-13(22)17-11-5-4-6-12(7-11)24-3/h4-7H,8-9,16H2,1-3H3,(H,17,22). The van der Waals surface area contributed by atoms with Crippen LogP contribution in [0.5, 0.6) is 5.75 Å². The molecule has 0 radical (unpaired) electrons. The van der Waals surface area contributed by atoms with Crippen LogP contribution < -0.4 is 15.9 Å². The highest BCUT2D eigenvalue weighted by Gasteiger charge is 2.15. The maximum Gasteiger partial charge on any atom is 0.243 e. The molecule has 1 aromatic heterocycles. The van der Waals surface area contributed by atoms with Crippen molar-refractivity contribution in [3.8, 4) is 5.75 Å².